The molecule has 0 spiro atoms. The van der Waals surface area contributed by atoms with Crippen LogP contribution in [0.2, 0.25) is 0 Å². The molecule has 1 aliphatic heterocycles. The summed E-state index contributed by atoms with van der Waals surface area (Å²) in [5.41, 5.74) is 4.81. The first kappa shape index (κ1) is 12.6. The van der Waals surface area contributed by atoms with Crippen LogP contribution in [0.4, 0.5) is 20.2 Å². The van der Waals surface area contributed by atoms with E-state index >= 15 is 0 Å². The number of nitrogens with two attached hydrogens (primary N) is 1. The number of carbonyl (C=O) groups is 1. The monoisotopic (exact) mass is 255 g/mol. The lowest BCUT2D eigenvalue weighted by Gasteiger charge is -2.43. The Hall–Kier alpha value is -1.85. The average molecular weight is 255 g/mol. The van der Waals surface area contributed by atoms with E-state index in [9.17, 15) is 13.6 Å². The van der Waals surface area contributed by atoms with Crippen molar-refractivity contribution in [3.05, 3.63) is 23.8 Å². The summed E-state index contributed by atoms with van der Waals surface area (Å²) in [5.74, 6) is -1.72. The van der Waals surface area contributed by atoms with Crippen molar-refractivity contribution in [2.75, 3.05) is 23.7 Å². The predicted octanol–water partition coefficient (Wildman–Crippen LogP) is 1.26. The van der Waals surface area contributed by atoms with E-state index in [2.05, 4.69) is 5.32 Å². The van der Waals surface area contributed by atoms with Crippen LogP contribution in [0, 0.1) is 11.6 Å². The lowest BCUT2D eigenvalue weighted by atomic mass is 9.97. The van der Waals surface area contributed by atoms with Gasteiger partial charge in [-0.15, -0.1) is 0 Å². The molecule has 1 aliphatic rings. The van der Waals surface area contributed by atoms with Gasteiger partial charge in [0.2, 0.25) is 5.91 Å². The second kappa shape index (κ2) is 4.12. The maximum Gasteiger partial charge on any atom is 0.245 e. The quantitative estimate of drug-likeness (QED) is 0.743. The van der Waals surface area contributed by atoms with Crippen LogP contribution in [0.3, 0.4) is 0 Å². The summed E-state index contributed by atoms with van der Waals surface area (Å²) in [7, 11) is 0. The second-order valence-electron chi connectivity index (χ2n) is 4.79. The number of rotatable bonds is 1. The Morgan fingerprint density at radius 2 is 2.06 bits per heavy atom. The van der Waals surface area contributed by atoms with Gasteiger partial charge >= 0.3 is 0 Å². The van der Waals surface area contributed by atoms with Crippen molar-refractivity contribution in [2.45, 2.75) is 19.4 Å². The zero-order chi connectivity index (χ0) is 13.5. The van der Waals surface area contributed by atoms with Crippen LogP contribution in [0.15, 0.2) is 12.1 Å². The molecule has 1 aromatic rings. The van der Waals surface area contributed by atoms with E-state index in [1.165, 1.54) is 0 Å². The highest BCUT2D eigenvalue weighted by molar-refractivity contribution is 5.91. The Balaban J connectivity index is 2.51. The molecular weight excluding hydrogens is 240 g/mol. The molecule has 0 saturated carbocycles. The summed E-state index contributed by atoms with van der Waals surface area (Å²) in [5, 5.41) is 2.71. The minimum Gasteiger partial charge on any atom is -0.395 e. The lowest BCUT2D eigenvalue weighted by Crippen LogP contribution is -2.62. The number of halogens is 2. The summed E-state index contributed by atoms with van der Waals surface area (Å²) in [4.78, 5) is 13.4. The van der Waals surface area contributed by atoms with Crippen molar-refractivity contribution in [1.29, 1.82) is 0 Å². The van der Waals surface area contributed by atoms with E-state index < -0.39 is 17.2 Å². The maximum absolute atomic E-state index is 13.5. The Morgan fingerprint density at radius 3 is 2.72 bits per heavy atom. The van der Waals surface area contributed by atoms with Crippen molar-refractivity contribution in [3.63, 3.8) is 0 Å². The number of piperazine rings is 1. The average Bonchev–Trinajstić information content (AvgIpc) is 2.27. The molecule has 1 saturated heterocycles. The molecule has 1 fully saturated rings. The molecule has 2 rings (SSSR count). The molecule has 3 N–H and O–H groups in total. The minimum atomic E-state index is -0.896. The normalized spacial score (nSPS) is 18.7. The molecule has 1 amide bonds. The molecule has 6 heteroatoms. The number of nitrogens with zero attached hydrogens (tertiary/aromatic N) is 1. The van der Waals surface area contributed by atoms with E-state index in [1.807, 2.05) is 0 Å². The van der Waals surface area contributed by atoms with Gasteiger partial charge in [-0.1, -0.05) is 0 Å². The van der Waals surface area contributed by atoms with Gasteiger partial charge in [-0.05, 0) is 19.9 Å². The van der Waals surface area contributed by atoms with Gasteiger partial charge < -0.3 is 16.0 Å². The highest BCUT2D eigenvalue weighted by Crippen LogP contribution is 2.33. The van der Waals surface area contributed by atoms with Crippen molar-refractivity contribution >= 4 is 17.3 Å². The summed E-state index contributed by atoms with van der Waals surface area (Å²) in [6.07, 6.45) is 0. The molecule has 1 aromatic carbocycles. The first-order valence-corrected chi connectivity index (χ1v) is 5.64. The van der Waals surface area contributed by atoms with Gasteiger partial charge in [0, 0.05) is 19.2 Å². The number of carbonyl (C=O) groups excluding carboxylic acids is 1. The Labute approximate surface area is 104 Å². The molecule has 0 aromatic heterocycles. The Bertz CT molecular complexity index is 502. The highest BCUT2D eigenvalue weighted by atomic mass is 19.1. The van der Waals surface area contributed by atoms with Crippen LogP contribution in [-0.2, 0) is 4.79 Å². The van der Waals surface area contributed by atoms with Gasteiger partial charge in [-0.3, -0.25) is 4.79 Å². The van der Waals surface area contributed by atoms with Crippen LogP contribution < -0.4 is 16.0 Å². The fourth-order valence-corrected chi connectivity index (χ4v) is 2.12. The van der Waals surface area contributed by atoms with Crippen molar-refractivity contribution < 1.29 is 13.6 Å². The molecular formula is C12H15F2N3O. The summed E-state index contributed by atoms with van der Waals surface area (Å²) in [6, 6.07) is 1.88. The SMILES string of the molecule is CC1(C)C(=O)NCCN1c1cc(F)cc(F)c1N. The maximum atomic E-state index is 13.5. The summed E-state index contributed by atoms with van der Waals surface area (Å²) in [6.45, 7) is 4.24. The molecule has 98 valence electrons. The molecule has 1 heterocycles. The van der Waals surface area contributed by atoms with Crippen molar-refractivity contribution in [2.24, 2.45) is 0 Å². The molecule has 18 heavy (non-hydrogen) atoms. The van der Waals surface area contributed by atoms with Gasteiger partial charge in [0.1, 0.15) is 11.4 Å². The Kier molecular flexibility index (Phi) is 2.88. The van der Waals surface area contributed by atoms with Crippen LogP contribution in [0.25, 0.3) is 0 Å². The van der Waals surface area contributed by atoms with Gasteiger partial charge in [-0.2, -0.15) is 0 Å². The van der Waals surface area contributed by atoms with Crippen molar-refractivity contribution in [1.82, 2.24) is 5.32 Å². The number of anilines is 2. The molecule has 0 aliphatic carbocycles. The molecule has 4 nitrogen and oxygen atoms in total. The third-order valence-electron chi connectivity index (χ3n) is 3.21. The van der Waals surface area contributed by atoms with Gasteiger partial charge in [0.25, 0.3) is 0 Å². The number of amides is 1. The molecule has 0 bridgehead atoms. The number of benzene rings is 1. The minimum absolute atomic E-state index is 0.140. The smallest absolute Gasteiger partial charge is 0.245 e. The first-order valence-electron chi connectivity index (χ1n) is 5.64. The van der Waals surface area contributed by atoms with Crippen LogP contribution in [0.1, 0.15) is 13.8 Å². The number of nitrogens with one attached hydrogen (secondary N) is 1. The van der Waals surface area contributed by atoms with Gasteiger partial charge in [0.15, 0.2) is 5.82 Å². The zero-order valence-corrected chi connectivity index (χ0v) is 10.3. The van der Waals surface area contributed by atoms with E-state index in [-0.39, 0.29) is 17.3 Å². The van der Waals surface area contributed by atoms with Gasteiger partial charge in [0.05, 0.1) is 11.4 Å². The summed E-state index contributed by atoms with van der Waals surface area (Å²) >= 11 is 0. The molecule has 0 atom stereocenters. The fourth-order valence-electron chi connectivity index (χ4n) is 2.12. The fraction of sp³-hybridized carbons (Fsp3) is 0.417. The zero-order valence-electron chi connectivity index (χ0n) is 10.3. The standard InChI is InChI=1S/C12H15F2N3O/c1-12(2)11(18)16-3-4-17(12)9-6-7(13)5-8(14)10(9)15/h5-6H,3-4,15H2,1-2H3,(H,16,18). The number of hydrogen-bond donors (Lipinski definition) is 2. The topological polar surface area (TPSA) is 58.4 Å². The summed E-state index contributed by atoms with van der Waals surface area (Å²) < 4.78 is 26.7. The lowest BCUT2D eigenvalue weighted by molar-refractivity contribution is -0.126. The third-order valence-corrected chi connectivity index (χ3v) is 3.21. The van der Waals surface area contributed by atoms with E-state index in [0.717, 1.165) is 12.1 Å². The van der Waals surface area contributed by atoms with Crippen LogP contribution in [-0.4, -0.2) is 24.5 Å². The second-order valence-corrected chi connectivity index (χ2v) is 4.79. The predicted molar refractivity (Wildman–Crippen MR) is 65.2 cm³/mol. The molecule has 0 unspecified atom stereocenters. The van der Waals surface area contributed by atoms with E-state index in [1.54, 1.807) is 18.7 Å². The first-order chi connectivity index (χ1) is 8.34. The van der Waals surface area contributed by atoms with Crippen LogP contribution >= 0.6 is 0 Å². The highest BCUT2D eigenvalue weighted by Gasteiger charge is 2.38. The largest absolute Gasteiger partial charge is 0.395 e. The Morgan fingerprint density at radius 1 is 1.39 bits per heavy atom. The molecule has 0 radical (unpaired) electrons. The third kappa shape index (κ3) is 1.87. The van der Waals surface area contributed by atoms with Gasteiger partial charge in [-0.25, -0.2) is 8.78 Å². The van der Waals surface area contributed by atoms with Crippen molar-refractivity contribution in [3.8, 4) is 0 Å². The van der Waals surface area contributed by atoms with E-state index in [0.29, 0.717) is 13.1 Å². The number of hydrogen-bond acceptors (Lipinski definition) is 3. The van der Waals surface area contributed by atoms with E-state index in [4.69, 9.17) is 5.73 Å². The number of nitrogen functional groups attached to an aromatic ring is 1. The van der Waals surface area contributed by atoms with Crippen LogP contribution in [0.5, 0.6) is 0 Å².